The number of esters is 1. The summed E-state index contributed by atoms with van der Waals surface area (Å²) in [5.41, 5.74) is 1.78. The van der Waals surface area contributed by atoms with Crippen LogP contribution in [0.2, 0.25) is 0 Å². The topological polar surface area (TPSA) is 57.7 Å². The number of halogens is 1. The Labute approximate surface area is 232 Å². The molecule has 1 heterocycles. The monoisotopic (exact) mass is 533 g/mol. The number of carbonyl (C=O) groups excluding carboxylic acids is 1. The molecule has 0 bridgehead atoms. The Balaban J connectivity index is 1.19. The second-order valence-corrected chi connectivity index (χ2v) is 9.76. The minimum absolute atomic E-state index is 0.106. The quantitative estimate of drug-likeness (QED) is 0.0708. The molecule has 0 spiro atoms. The number of aromatic nitrogens is 1. The van der Waals surface area contributed by atoms with Crippen molar-refractivity contribution < 1.29 is 23.4 Å². The SMILES string of the molecule is C=C(C)C(=O)Oc1ccc(-c2ccc(OCCCCCCCCCCCCOc3cccnc3)cc2)cc1F. The van der Waals surface area contributed by atoms with Crippen molar-refractivity contribution in [2.75, 3.05) is 13.2 Å². The number of unbranched alkanes of at least 4 members (excludes halogenated alkanes) is 9. The molecule has 0 aliphatic rings. The van der Waals surface area contributed by atoms with E-state index in [1.54, 1.807) is 18.5 Å². The average Bonchev–Trinajstić information content (AvgIpc) is 2.95. The fourth-order valence-electron chi connectivity index (χ4n) is 4.12. The zero-order valence-corrected chi connectivity index (χ0v) is 23.0. The molecule has 39 heavy (non-hydrogen) atoms. The van der Waals surface area contributed by atoms with Crippen molar-refractivity contribution in [3.63, 3.8) is 0 Å². The summed E-state index contributed by atoms with van der Waals surface area (Å²) in [5, 5.41) is 0. The predicted molar refractivity (Wildman–Crippen MR) is 154 cm³/mol. The first kappa shape index (κ1) is 29.9. The highest BCUT2D eigenvalue weighted by Crippen LogP contribution is 2.27. The minimum atomic E-state index is -0.644. The Kier molecular flexibility index (Phi) is 13.0. The molecule has 1 aromatic heterocycles. The van der Waals surface area contributed by atoms with Crippen LogP contribution in [0.3, 0.4) is 0 Å². The third-order valence-corrected chi connectivity index (χ3v) is 6.38. The summed E-state index contributed by atoms with van der Waals surface area (Å²) in [5.74, 6) is 0.310. The van der Waals surface area contributed by atoms with Gasteiger partial charge >= 0.3 is 5.97 Å². The van der Waals surface area contributed by atoms with Gasteiger partial charge in [-0.05, 0) is 67.3 Å². The molecule has 0 saturated carbocycles. The van der Waals surface area contributed by atoms with E-state index in [9.17, 15) is 9.18 Å². The molecule has 2 aromatic carbocycles. The summed E-state index contributed by atoms with van der Waals surface area (Å²) >= 11 is 0. The summed E-state index contributed by atoms with van der Waals surface area (Å²) in [6, 6.07) is 16.0. The Morgan fingerprint density at radius 2 is 1.33 bits per heavy atom. The lowest BCUT2D eigenvalue weighted by atomic mass is 10.1. The van der Waals surface area contributed by atoms with Gasteiger partial charge in [0, 0.05) is 11.8 Å². The van der Waals surface area contributed by atoms with Crippen LogP contribution >= 0.6 is 0 Å². The van der Waals surface area contributed by atoms with Gasteiger partial charge in [0.05, 0.1) is 19.4 Å². The Hall–Kier alpha value is -3.67. The summed E-state index contributed by atoms with van der Waals surface area (Å²) in [7, 11) is 0. The van der Waals surface area contributed by atoms with E-state index < -0.39 is 11.8 Å². The van der Waals surface area contributed by atoms with Crippen molar-refractivity contribution in [2.45, 2.75) is 71.1 Å². The molecule has 0 saturated heterocycles. The van der Waals surface area contributed by atoms with E-state index in [0.717, 1.165) is 36.5 Å². The van der Waals surface area contributed by atoms with Gasteiger partial charge in [0.1, 0.15) is 11.5 Å². The smallest absolute Gasteiger partial charge is 0.338 e. The average molecular weight is 534 g/mol. The van der Waals surface area contributed by atoms with Crippen molar-refractivity contribution in [2.24, 2.45) is 0 Å². The highest BCUT2D eigenvalue weighted by molar-refractivity contribution is 5.88. The van der Waals surface area contributed by atoms with Gasteiger partial charge in [-0.3, -0.25) is 4.98 Å². The lowest BCUT2D eigenvalue weighted by Crippen LogP contribution is -2.09. The fourth-order valence-corrected chi connectivity index (χ4v) is 4.12. The summed E-state index contributed by atoms with van der Waals surface area (Å²) in [6.45, 7) is 6.49. The van der Waals surface area contributed by atoms with Gasteiger partial charge < -0.3 is 14.2 Å². The number of benzene rings is 2. The Bertz CT molecular complexity index is 1150. The van der Waals surface area contributed by atoms with Gasteiger partial charge in [-0.25, -0.2) is 9.18 Å². The van der Waals surface area contributed by atoms with Crippen LogP contribution < -0.4 is 14.2 Å². The van der Waals surface area contributed by atoms with Crippen LogP contribution in [0.25, 0.3) is 11.1 Å². The molecule has 0 aliphatic heterocycles. The molecule has 208 valence electrons. The molecule has 3 aromatic rings. The van der Waals surface area contributed by atoms with E-state index in [2.05, 4.69) is 11.6 Å². The summed E-state index contributed by atoms with van der Waals surface area (Å²) in [4.78, 5) is 15.7. The van der Waals surface area contributed by atoms with E-state index >= 15 is 0 Å². The second-order valence-electron chi connectivity index (χ2n) is 9.76. The minimum Gasteiger partial charge on any atom is -0.494 e. The van der Waals surface area contributed by atoms with Crippen molar-refractivity contribution in [1.29, 1.82) is 0 Å². The van der Waals surface area contributed by atoms with E-state index in [4.69, 9.17) is 14.2 Å². The molecule has 6 heteroatoms. The maximum atomic E-state index is 14.4. The van der Waals surface area contributed by atoms with E-state index in [-0.39, 0.29) is 11.3 Å². The van der Waals surface area contributed by atoms with Crippen LogP contribution in [-0.2, 0) is 4.79 Å². The molecular weight excluding hydrogens is 493 g/mol. The molecule has 0 aliphatic carbocycles. The lowest BCUT2D eigenvalue weighted by molar-refractivity contribution is -0.130. The predicted octanol–water partition coefficient (Wildman–Crippen LogP) is 8.73. The van der Waals surface area contributed by atoms with Gasteiger partial charge in [0.2, 0.25) is 0 Å². The van der Waals surface area contributed by atoms with Crippen LogP contribution in [0, 0.1) is 5.82 Å². The Morgan fingerprint density at radius 3 is 1.87 bits per heavy atom. The highest BCUT2D eigenvalue weighted by atomic mass is 19.1. The Morgan fingerprint density at radius 1 is 0.769 bits per heavy atom. The van der Waals surface area contributed by atoms with Gasteiger partial charge in [0.25, 0.3) is 0 Å². The first-order valence-electron chi connectivity index (χ1n) is 14.0. The van der Waals surface area contributed by atoms with Gasteiger partial charge in [0.15, 0.2) is 11.6 Å². The maximum Gasteiger partial charge on any atom is 0.338 e. The first-order valence-corrected chi connectivity index (χ1v) is 14.0. The van der Waals surface area contributed by atoms with Crippen LogP contribution in [0.5, 0.6) is 17.2 Å². The molecule has 0 atom stereocenters. The molecule has 5 nitrogen and oxygen atoms in total. The van der Waals surface area contributed by atoms with Crippen molar-refractivity contribution >= 4 is 5.97 Å². The molecule has 0 radical (unpaired) electrons. The zero-order valence-electron chi connectivity index (χ0n) is 23.0. The zero-order chi connectivity index (χ0) is 27.7. The van der Waals surface area contributed by atoms with E-state index in [1.165, 1.54) is 70.4 Å². The van der Waals surface area contributed by atoms with Crippen LogP contribution in [0.1, 0.15) is 71.1 Å². The number of pyridine rings is 1. The normalized spacial score (nSPS) is 10.7. The highest BCUT2D eigenvalue weighted by Gasteiger charge is 2.11. The number of ether oxygens (including phenoxy) is 3. The van der Waals surface area contributed by atoms with Crippen molar-refractivity contribution in [3.8, 4) is 28.4 Å². The van der Waals surface area contributed by atoms with E-state index in [0.29, 0.717) is 12.2 Å². The van der Waals surface area contributed by atoms with Crippen molar-refractivity contribution in [3.05, 3.63) is 85.0 Å². The molecule has 0 N–H and O–H groups in total. The maximum absolute atomic E-state index is 14.4. The number of hydrogen-bond donors (Lipinski definition) is 0. The van der Waals surface area contributed by atoms with Crippen molar-refractivity contribution in [1.82, 2.24) is 4.98 Å². The first-order chi connectivity index (χ1) is 19.0. The lowest BCUT2D eigenvalue weighted by Gasteiger charge is -2.09. The molecule has 0 unspecified atom stereocenters. The molecule has 3 rings (SSSR count). The molecule has 0 fully saturated rings. The van der Waals surface area contributed by atoms with Crippen LogP contribution in [0.15, 0.2) is 79.1 Å². The van der Waals surface area contributed by atoms with Crippen LogP contribution in [0.4, 0.5) is 4.39 Å². The number of hydrogen-bond acceptors (Lipinski definition) is 5. The third-order valence-electron chi connectivity index (χ3n) is 6.38. The van der Waals surface area contributed by atoms with E-state index in [1.807, 2.05) is 36.4 Å². The van der Waals surface area contributed by atoms with Gasteiger partial charge in [-0.15, -0.1) is 0 Å². The van der Waals surface area contributed by atoms with Crippen LogP contribution in [-0.4, -0.2) is 24.2 Å². The number of carbonyl (C=O) groups is 1. The van der Waals surface area contributed by atoms with Gasteiger partial charge in [-0.1, -0.05) is 76.1 Å². The standard InChI is InChI=1S/C33H40FNO4/c1-26(2)33(36)39-32-20-17-28(24-31(32)34)27-15-18-29(19-16-27)37-22-11-9-7-5-3-4-6-8-10-12-23-38-30-14-13-21-35-25-30/h13-21,24-25H,1,3-12,22-23H2,2H3. The molecular formula is C33H40FNO4. The second kappa shape index (κ2) is 17.0. The third kappa shape index (κ3) is 11.3. The fraction of sp³-hybridized carbons (Fsp3) is 0.394. The van der Waals surface area contributed by atoms with Gasteiger partial charge in [-0.2, -0.15) is 0 Å². The number of nitrogens with zero attached hydrogens (tertiary/aromatic N) is 1. The number of rotatable bonds is 18. The summed E-state index contributed by atoms with van der Waals surface area (Å²) < 4.78 is 30.9. The summed E-state index contributed by atoms with van der Waals surface area (Å²) in [6.07, 6.45) is 15.7. The molecule has 0 amide bonds. The largest absolute Gasteiger partial charge is 0.494 e.